The molecule has 0 aromatic heterocycles. The molecular formula is C14H22N2O2. The molecule has 0 bridgehead atoms. The normalized spacial score (nSPS) is 13.8. The van der Waals surface area contributed by atoms with Crippen LogP contribution in [0.5, 0.6) is 5.75 Å². The molecule has 0 spiro atoms. The second kappa shape index (κ2) is 7.01. The molecule has 100 valence electrons. The lowest BCUT2D eigenvalue weighted by atomic mass is 10.2. The van der Waals surface area contributed by atoms with Crippen LogP contribution in [0.25, 0.3) is 0 Å². The summed E-state index contributed by atoms with van der Waals surface area (Å²) < 4.78 is 5.68. The van der Waals surface area contributed by atoms with Crippen molar-refractivity contribution in [3.8, 4) is 5.75 Å². The average molecular weight is 250 g/mol. The highest BCUT2D eigenvalue weighted by molar-refractivity contribution is 5.76. The van der Waals surface area contributed by atoms with Crippen LogP contribution >= 0.6 is 0 Å². The zero-order valence-corrected chi connectivity index (χ0v) is 11.3. The van der Waals surface area contributed by atoms with Gasteiger partial charge in [-0.05, 0) is 32.9 Å². The van der Waals surface area contributed by atoms with Gasteiger partial charge in [-0.3, -0.25) is 4.79 Å². The van der Waals surface area contributed by atoms with Crippen molar-refractivity contribution in [2.75, 3.05) is 6.54 Å². The van der Waals surface area contributed by atoms with Crippen molar-refractivity contribution in [3.05, 3.63) is 29.8 Å². The van der Waals surface area contributed by atoms with Gasteiger partial charge in [-0.2, -0.15) is 0 Å². The van der Waals surface area contributed by atoms with Gasteiger partial charge in [0, 0.05) is 12.5 Å². The molecule has 1 amide bonds. The molecule has 0 heterocycles. The van der Waals surface area contributed by atoms with E-state index in [1.165, 1.54) is 5.56 Å². The maximum absolute atomic E-state index is 11.4. The Morgan fingerprint density at radius 1 is 1.33 bits per heavy atom. The number of rotatable bonds is 6. The lowest BCUT2D eigenvalue weighted by Gasteiger charge is -2.16. The fourth-order valence-electron chi connectivity index (χ4n) is 1.51. The first kappa shape index (κ1) is 14.5. The van der Waals surface area contributed by atoms with Crippen molar-refractivity contribution in [1.82, 2.24) is 5.32 Å². The molecule has 1 aromatic rings. The van der Waals surface area contributed by atoms with Crippen LogP contribution < -0.4 is 15.8 Å². The molecule has 0 fully saturated rings. The van der Waals surface area contributed by atoms with Crippen LogP contribution in [0.2, 0.25) is 0 Å². The highest BCUT2D eigenvalue weighted by atomic mass is 16.5. The van der Waals surface area contributed by atoms with E-state index in [2.05, 4.69) is 5.32 Å². The minimum absolute atomic E-state index is 0.0376. The first-order valence-electron chi connectivity index (χ1n) is 6.23. The Bertz CT molecular complexity index is 374. The largest absolute Gasteiger partial charge is 0.489 e. The number of carbonyl (C=O) groups is 1. The highest BCUT2D eigenvalue weighted by Crippen LogP contribution is 2.12. The van der Waals surface area contributed by atoms with Gasteiger partial charge in [0.1, 0.15) is 11.9 Å². The van der Waals surface area contributed by atoms with Crippen LogP contribution in [0.3, 0.4) is 0 Å². The SMILES string of the molecule is Cc1ccc(OC(C)CNC(=O)CC(C)N)cc1. The quantitative estimate of drug-likeness (QED) is 0.806. The van der Waals surface area contributed by atoms with Gasteiger partial charge in [-0.25, -0.2) is 0 Å². The second-order valence-corrected chi connectivity index (χ2v) is 4.73. The molecular weight excluding hydrogens is 228 g/mol. The predicted molar refractivity (Wildman–Crippen MR) is 72.5 cm³/mol. The smallest absolute Gasteiger partial charge is 0.221 e. The summed E-state index contributed by atoms with van der Waals surface area (Å²) >= 11 is 0. The van der Waals surface area contributed by atoms with E-state index >= 15 is 0 Å². The number of amides is 1. The molecule has 0 aliphatic heterocycles. The average Bonchev–Trinajstić information content (AvgIpc) is 2.29. The van der Waals surface area contributed by atoms with E-state index in [-0.39, 0.29) is 18.1 Å². The standard InChI is InChI=1S/C14H22N2O2/c1-10-4-6-13(7-5-10)18-12(3)9-16-14(17)8-11(2)15/h4-7,11-12H,8-9,15H2,1-3H3,(H,16,17). The Morgan fingerprint density at radius 3 is 2.50 bits per heavy atom. The minimum atomic E-state index is -0.113. The van der Waals surface area contributed by atoms with Gasteiger partial charge in [0.2, 0.25) is 5.91 Å². The van der Waals surface area contributed by atoms with E-state index in [1.807, 2.05) is 45.0 Å². The monoisotopic (exact) mass is 250 g/mol. The predicted octanol–water partition coefficient (Wildman–Crippen LogP) is 1.62. The van der Waals surface area contributed by atoms with Gasteiger partial charge < -0.3 is 15.8 Å². The van der Waals surface area contributed by atoms with Crippen LogP contribution in [-0.4, -0.2) is 24.6 Å². The van der Waals surface area contributed by atoms with E-state index < -0.39 is 0 Å². The number of carbonyl (C=O) groups excluding carboxylic acids is 1. The van der Waals surface area contributed by atoms with Crippen molar-refractivity contribution < 1.29 is 9.53 Å². The van der Waals surface area contributed by atoms with E-state index in [0.717, 1.165) is 5.75 Å². The molecule has 0 saturated carbocycles. The van der Waals surface area contributed by atoms with Crippen LogP contribution in [0.4, 0.5) is 0 Å². The van der Waals surface area contributed by atoms with Crippen molar-refractivity contribution in [1.29, 1.82) is 0 Å². The molecule has 1 rings (SSSR count). The van der Waals surface area contributed by atoms with Crippen LogP contribution in [0.1, 0.15) is 25.8 Å². The molecule has 0 aliphatic carbocycles. The third-order valence-electron chi connectivity index (χ3n) is 2.45. The number of aryl methyl sites for hydroxylation is 1. The van der Waals surface area contributed by atoms with Gasteiger partial charge in [0.05, 0.1) is 6.54 Å². The maximum atomic E-state index is 11.4. The first-order valence-corrected chi connectivity index (χ1v) is 6.23. The Hall–Kier alpha value is -1.55. The maximum Gasteiger partial charge on any atom is 0.221 e. The third kappa shape index (κ3) is 5.68. The van der Waals surface area contributed by atoms with E-state index in [9.17, 15) is 4.79 Å². The molecule has 4 heteroatoms. The van der Waals surface area contributed by atoms with Gasteiger partial charge in [-0.15, -0.1) is 0 Å². The van der Waals surface area contributed by atoms with Crippen LogP contribution in [-0.2, 0) is 4.79 Å². The lowest BCUT2D eigenvalue weighted by Crippen LogP contribution is -2.36. The van der Waals surface area contributed by atoms with E-state index in [4.69, 9.17) is 10.5 Å². The van der Waals surface area contributed by atoms with Crippen molar-refractivity contribution in [3.63, 3.8) is 0 Å². The van der Waals surface area contributed by atoms with E-state index in [0.29, 0.717) is 13.0 Å². The molecule has 2 atom stereocenters. The number of hydrogen-bond donors (Lipinski definition) is 2. The molecule has 3 N–H and O–H groups in total. The molecule has 18 heavy (non-hydrogen) atoms. The lowest BCUT2D eigenvalue weighted by molar-refractivity contribution is -0.121. The molecule has 0 saturated heterocycles. The van der Waals surface area contributed by atoms with Gasteiger partial charge >= 0.3 is 0 Å². The van der Waals surface area contributed by atoms with Crippen LogP contribution in [0, 0.1) is 6.92 Å². The molecule has 0 aliphatic rings. The number of hydrogen-bond acceptors (Lipinski definition) is 3. The Kier molecular flexibility index (Phi) is 5.65. The summed E-state index contributed by atoms with van der Waals surface area (Å²) in [6.07, 6.45) is 0.279. The number of nitrogens with two attached hydrogens (primary N) is 1. The summed E-state index contributed by atoms with van der Waals surface area (Å²) in [5, 5.41) is 2.80. The van der Waals surface area contributed by atoms with Gasteiger partial charge in [0.15, 0.2) is 0 Å². The third-order valence-corrected chi connectivity index (χ3v) is 2.45. The fourth-order valence-corrected chi connectivity index (χ4v) is 1.51. The minimum Gasteiger partial charge on any atom is -0.489 e. The first-order chi connectivity index (χ1) is 8.47. The summed E-state index contributed by atoms with van der Waals surface area (Å²) in [7, 11) is 0. The van der Waals surface area contributed by atoms with Gasteiger partial charge in [-0.1, -0.05) is 17.7 Å². The van der Waals surface area contributed by atoms with Gasteiger partial charge in [0.25, 0.3) is 0 Å². The Morgan fingerprint density at radius 2 is 1.94 bits per heavy atom. The molecule has 4 nitrogen and oxygen atoms in total. The van der Waals surface area contributed by atoms with Crippen molar-refractivity contribution >= 4 is 5.91 Å². The molecule has 2 unspecified atom stereocenters. The summed E-state index contributed by atoms with van der Waals surface area (Å²) in [5.74, 6) is 0.777. The van der Waals surface area contributed by atoms with Crippen LogP contribution in [0.15, 0.2) is 24.3 Å². The highest BCUT2D eigenvalue weighted by Gasteiger charge is 2.08. The van der Waals surface area contributed by atoms with Crippen molar-refractivity contribution in [2.45, 2.75) is 39.3 Å². The number of ether oxygens (including phenoxy) is 1. The molecule has 0 radical (unpaired) electrons. The summed E-state index contributed by atoms with van der Waals surface area (Å²) in [5.41, 5.74) is 6.74. The van der Waals surface area contributed by atoms with E-state index in [1.54, 1.807) is 0 Å². The zero-order valence-electron chi connectivity index (χ0n) is 11.3. The van der Waals surface area contributed by atoms with Crippen molar-refractivity contribution in [2.24, 2.45) is 5.73 Å². The fraction of sp³-hybridized carbons (Fsp3) is 0.500. The Balaban J connectivity index is 2.31. The summed E-state index contributed by atoms with van der Waals surface area (Å²) in [4.78, 5) is 11.4. The number of nitrogens with one attached hydrogen (secondary N) is 1. The zero-order chi connectivity index (χ0) is 13.5. The number of benzene rings is 1. The Labute approximate surface area is 109 Å². The second-order valence-electron chi connectivity index (χ2n) is 4.73. The molecule has 1 aromatic carbocycles. The summed E-state index contributed by atoms with van der Waals surface area (Å²) in [6.45, 7) is 6.25. The topological polar surface area (TPSA) is 64.3 Å². The summed E-state index contributed by atoms with van der Waals surface area (Å²) in [6, 6.07) is 7.73.